The number of fused-ring (bicyclic) bond motifs is 4. The average Bonchev–Trinajstić information content (AvgIpc) is 1.59. The molecule has 0 saturated heterocycles. The maximum absolute atomic E-state index is 14.2. The van der Waals surface area contributed by atoms with Gasteiger partial charge in [-0.05, 0) is 184 Å². The predicted molar refractivity (Wildman–Crippen MR) is 394 cm³/mol. The number of carbonyl (C=O) groups is 6. The molecule has 4 aromatic heterocycles. The van der Waals surface area contributed by atoms with Gasteiger partial charge in [0, 0.05) is 86.4 Å². The summed E-state index contributed by atoms with van der Waals surface area (Å²) in [6.07, 6.45) is 2.16. The van der Waals surface area contributed by atoms with Crippen molar-refractivity contribution in [3.05, 3.63) is 138 Å². The Hall–Kier alpha value is -8.70. The minimum atomic E-state index is -1.05. The number of aromatic amines is 2. The molecule has 2 aliphatic heterocycles. The highest BCUT2D eigenvalue weighted by Gasteiger charge is 2.51. The average molecular weight is 1630 g/mol. The predicted octanol–water partition coefficient (Wildman–Crippen LogP) is 18.6. The lowest BCUT2D eigenvalue weighted by atomic mass is 9.85. The molecule has 0 saturated carbocycles. The molecule has 10 rings (SSSR count). The molecule has 2 aliphatic rings. The van der Waals surface area contributed by atoms with Gasteiger partial charge in [-0.2, -0.15) is 10.5 Å². The van der Waals surface area contributed by atoms with E-state index in [1.54, 1.807) is 162 Å². The van der Waals surface area contributed by atoms with Crippen LogP contribution >= 0.6 is 63.7 Å². The summed E-state index contributed by atoms with van der Waals surface area (Å²) in [6, 6.07) is 23.0. The third-order valence-electron chi connectivity index (χ3n) is 15.0. The number of nitriles is 2. The first-order valence-corrected chi connectivity index (χ1v) is 35.1. The molecule has 4 amide bonds. The Bertz CT molecular complexity index is 4410. The highest BCUT2D eigenvalue weighted by Crippen LogP contribution is 2.47. The van der Waals surface area contributed by atoms with Crippen molar-refractivity contribution < 1.29 is 57.2 Å². The van der Waals surface area contributed by atoms with E-state index in [9.17, 15) is 39.3 Å². The van der Waals surface area contributed by atoms with E-state index in [-0.39, 0.29) is 11.9 Å². The Kier molecular flexibility index (Phi) is 21.4. The molecule has 24 nitrogen and oxygen atoms in total. The topological polar surface area (TPSA) is 302 Å². The first-order chi connectivity index (χ1) is 46.3. The van der Waals surface area contributed by atoms with E-state index >= 15 is 0 Å². The van der Waals surface area contributed by atoms with Crippen LogP contribution in [-0.2, 0) is 28.4 Å². The van der Waals surface area contributed by atoms with Gasteiger partial charge < -0.3 is 38.4 Å². The molecule has 28 heteroatoms. The van der Waals surface area contributed by atoms with Crippen LogP contribution < -0.4 is 10.6 Å². The van der Waals surface area contributed by atoms with Crippen LogP contribution in [0.3, 0.4) is 0 Å². The van der Waals surface area contributed by atoms with Crippen molar-refractivity contribution in [2.45, 2.75) is 194 Å². The fourth-order valence-electron chi connectivity index (χ4n) is 11.5. The van der Waals surface area contributed by atoms with Gasteiger partial charge in [0.1, 0.15) is 33.6 Å². The molecule has 0 radical (unpaired) electrons. The van der Waals surface area contributed by atoms with Gasteiger partial charge in [-0.3, -0.25) is 19.8 Å². The summed E-state index contributed by atoms with van der Waals surface area (Å²) in [4.78, 5) is 101. The highest BCUT2D eigenvalue weighted by atomic mass is 79.9. The minimum absolute atomic E-state index is 0.145. The second-order valence-electron chi connectivity index (χ2n) is 30.0. The fourth-order valence-corrected chi connectivity index (χ4v) is 13.0. The molecular formula is C72H80Br4N12O12. The number of nitrogens with one attached hydrogen (secondary N) is 4. The number of aromatic nitrogens is 4. The molecule has 0 fully saturated rings. The van der Waals surface area contributed by atoms with Crippen molar-refractivity contribution in [2.75, 3.05) is 0 Å². The van der Waals surface area contributed by atoms with Gasteiger partial charge in [0.15, 0.2) is 0 Å². The number of ether oxygens (including phenoxy) is 6. The van der Waals surface area contributed by atoms with Crippen molar-refractivity contribution in [3.8, 4) is 12.1 Å². The molecule has 8 aromatic rings. The molecule has 0 aliphatic carbocycles. The Labute approximate surface area is 612 Å². The number of nitrogens with zero attached hydrogens (tertiary/aromatic N) is 8. The summed E-state index contributed by atoms with van der Waals surface area (Å²) < 4.78 is 40.1. The van der Waals surface area contributed by atoms with E-state index in [0.717, 1.165) is 39.7 Å². The molecule has 4 N–H and O–H groups in total. The number of rotatable bonds is 6. The number of guanidine groups is 2. The molecule has 0 spiro atoms. The summed E-state index contributed by atoms with van der Waals surface area (Å²) in [7, 11) is 0. The maximum atomic E-state index is 14.2. The minimum Gasteiger partial charge on any atom is -0.444 e. The lowest BCUT2D eigenvalue weighted by molar-refractivity contribution is 0.0290. The van der Waals surface area contributed by atoms with E-state index in [0.29, 0.717) is 44.1 Å². The van der Waals surface area contributed by atoms with Crippen LogP contribution in [0.2, 0.25) is 0 Å². The van der Waals surface area contributed by atoms with Crippen LogP contribution in [0, 0.1) is 22.7 Å². The van der Waals surface area contributed by atoms with Gasteiger partial charge in [-0.1, -0.05) is 88.0 Å². The zero-order valence-corrected chi connectivity index (χ0v) is 65.0. The van der Waals surface area contributed by atoms with Crippen LogP contribution in [0.1, 0.15) is 171 Å². The van der Waals surface area contributed by atoms with E-state index in [1.165, 1.54) is 18.9 Å². The first-order valence-electron chi connectivity index (χ1n) is 31.9. The number of H-pyrrole nitrogens is 2. The Balaban J connectivity index is 0.000000233. The smallest absolute Gasteiger partial charge is 0.419 e. The van der Waals surface area contributed by atoms with Crippen molar-refractivity contribution in [1.29, 1.82) is 10.5 Å². The Morgan fingerprint density at radius 2 is 0.730 bits per heavy atom. The number of hydrogen-bond acceptors (Lipinski definition) is 16. The van der Waals surface area contributed by atoms with Crippen LogP contribution in [0.25, 0.3) is 43.6 Å². The summed E-state index contributed by atoms with van der Waals surface area (Å²) >= 11 is 14.0. The van der Waals surface area contributed by atoms with Gasteiger partial charge in [-0.15, -0.1) is 0 Å². The van der Waals surface area contributed by atoms with E-state index in [2.05, 4.69) is 96.5 Å². The standard InChI is InChI=1S/2C36H40Br2N6O6/c2*1-34(2,3)48-31(45)42-30-41-28(23(16-39)25-18-43(32(46)49-35(4,5)6)27-15-20(38)11-13-22(25)27)29(44(30)33(47)50-36(7,8)9)24-17-40-26-14-19(37)10-12-21(24)26/h2*10-15,17-18,23,28-29,40H,1-9H3,(H,41,42,45)/t2*23-,28+,29+/m00/s1. The molecule has 528 valence electrons. The number of amides is 4. The third-order valence-corrected chi connectivity index (χ3v) is 17.0. The van der Waals surface area contributed by atoms with Gasteiger partial charge in [-0.25, -0.2) is 48.6 Å². The molecule has 0 bridgehead atoms. The van der Waals surface area contributed by atoms with Crippen LogP contribution in [0.5, 0.6) is 0 Å². The molecule has 100 heavy (non-hydrogen) atoms. The monoisotopic (exact) mass is 1620 g/mol. The second kappa shape index (κ2) is 28.4. The Morgan fingerprint density at radius 3 is 1.03 bits per heavy atom. The molecular weight excluding hydrogens is 1540 g/mol. The summed E-state index contributed by atoms with van der Waals surface area (Å²) in [5.41, 5.74) is -0.316. The van der Waals surface area contributed by atoms with Crippen LogP contribution in [-0.4, -0.2) is 123 Å². The van der Waals surface area contributed by atoms with E-state index < -0.39 is 106 Å². The van der Waals surface area contributed by atoms with Crippen molar-refractivity contribution >= 4 is 156 Å². The lowest BCUT2D eigenvalue weighted by Crippen LogP contribution is -2.49. The molecule has 4 aromatic carbocycles. The SMILES string of the molecule is CC(C)(C)OC(=O)NC1=N[C@H]([C@@H](C#N)c2cn(C(=O)OC(C)(C)C)c3cc(Br)ccc23)[C@@H](c2c[nH]c3cc(Br)ccc23)N1C(=O)OC(C)(C)C.CC(C)(C)OC(=O)NC1=N[C@H]([C@@H](C#N)c2cn(C(=O)OC(C)(C)C)c3cc(Br)ccc23)[C@@H](c2c[nH]c3cc(Br)ccc23)N1C(=O)OC(C)(C)C. The quantitative estimate of drug-likeness (QED) is 0.113. The van der Waals surface area contributed by atoms with Crippen LogP contribution in [0.15, 0.2) is 125 Å². The van der Waals surface area contributed by atoms with Gasteiger partial charge >= 0.3 is 36.6 Å². The summed E-state index contributed by atoms with van der Waals surface area (Å²) in [5.74, 6) is -2.38. The summed E-state index contributed by atoms with van der Waals surface area (Å²) in [6.45, 7) is 31.3. The normalized spacial score (nSPS) is 17.3. The van der Waals surface area contributed by atoms with E-state index in [1.807, 2.05) is 60.7 Å². The highest BCUT2D eigenvalue weighted by molar-refractivity contribution is 9.11. The number of benzene rings is 4. The number of carbonyl (C=O) groups excluding carboxylic acids is 6. The lowest BCUT2D eigenvalue weighted by Gasteiger charge is -2.32. The molecule has 0 unspecified atom stereocenters. The molecule has 6 heterocycles. The van der Waals surface area contributed by atoms with Crippen molar-refractivity contribution in [3.63, 3.8) is 0 Å². The Morgan fingerprint density at radius 1 is 0.440 bits per heavy atom. The fraction of sp³-hybridized carbons (Fsp3) is 0.417. The summed E-state index contributed by atoms with van der Waals surface area (Å²) in [5, 5.41) is 30.0. The largest absolute Gasteiger partial charge is 0.444 e. The van der Waals surface area contributed by atoms with Crippen molar-refractivity contribution in [1.82, 2.24) is 39.5 Å². The van der Waals surface area contributed by atoms with Gasteiger partial charge in [0.2, 0.25) is 11.9 Å². The van der Waals surface area contributed by atoms with Crippen LogP contribution in [0.4, 0.5) is 28.8 Å². The number of alkyl carbamates (subject to hydrolysis) is 2. The zero-order chi connectivity index (χ0) is 73.8. The number of halogens is 4. The number of hydrogen-bond donors (Lipinski definition) is 4. The maximum Gasteiger partial charge on any atom is 0.419 e. The van der Waals surface area contributed by atoms with Crippen molar-refractivity contribution in [2.24, 2.45) is 9.98 Å². The molecule has 6 atom stereocenters. The second-order valence-corrected chi connectivity index (χ2v) is 33.7. The first kappa shape index (κ1) is 75.5. The zero-order valence-electron chi connectivity index (χ0n) is 58.7. The van der Waals surface area contributed by atoms with Gasteiger partial charge in [0.05, 0.1) is 59.2 Å². The number of aliphatic imine (C=N–C) groups is 2. The third kappa shape index (κ3) is 17.5. The van der Waals surface area contributed by atoms with Gasteiger partial charge in [0.25, 0.3) is 0 Å². The van der Waals surface area contributed by atoms with E-state index in [4.69, 9.17) is 38.4 Å².